The maximum absolute atomic E-state index is 12.5. The van der Waals surface area contributed by atoms with Crippen LogP contribution in [0.15, 0.2) is 54.6 Å². The molecule has 1 aliphatic rings. The van der Waals surface area contributed by atoms with Crippen LogP contribution in [0.4, 0.5) is 5.69 Å². The first kappa shape index (κ1) is 20.5. The number of amides is 2. The third kappa shape index (κ3) is 5.65. The van der Waals surface area contributed by atoms with Gasteiger partial charge in [-0.2, -0.15) is 0 Å². The number of rotatable bonds is 6. The Kier molecular flexibility index (Phi) is 6.97. The third-order valence-corrected chi connectivity index (χ3v) is 4.87. The lowest BCUT2D eigenvalue weighted by atomic mass is 10.2. The Morgan fingerprint density at radius 1 is 0.966 bits per heavy atom. The topological polar surface area (TPSA) is 80.2 Å². The van der Waals surface area contributed by atoms with Crippen LogP contribution in [-0.4, -0.2) is 62.0 Å². The Labute approximate surface area is 170 Å². The molecule has 1 heterocycles. The fourth-order valence-corrected chi connectivity index (χ4v) is 3.30. The number of nitrogens with one attached hydrogen (secondary N) is 2. The molecule has 2 N–H and O–H groups in total. The summed E-state index contributed by atoms with van der Waals surface area (Å²) < 4.78 is 4.95. The third-order valence-electron chi connectivity index (χ3n) is 4.87. The molecule has 7 nitrogen and oxygen atoms in total. The van der Waals surface area contributed by atoms with E-state index in [1.54, 1.807) is 31.2 Å². The molecule has 3 rings (SSSR count). The van der Waals surface area contributed by atoms with Crippen LogP contribution < -0.4 is 10.2 Å². The average Bonchev–Trinajstić information content (AvgIpc) is 2.75. The van der Waals surface area contributed by atoms with Crippen LogP contribution in [0.3, 0.4) is 0 Å². The van der Waals surface area contributed by atoms with E-state index in [9.17, 15) is 14.4 Å². The second-order valence-electron chi connectivity index (χ2n) is 6.93. The standard InChI is InChI=1S/C22H25N3O4/c1-2-29-22(28)18-8-10-19(11-9-18)23-20(26)16-24-12-14-25(15-13-24)21(27)17-6-4-3-5-7-17/h3-11H,2,12-16H2,1H3,(H,23,26)/p+1. The van der Waals surface area contributed by atoms with Crippen molar-refractivity contribution in [1.82, 2.24) is 4.90 Å². The quantitative estimate of drug-likeness (QED) is 0.710. The van der Waals surface area contributed by atoms with Gasteiger partial charge >= 0.3 is 5.97 Å². The highest BCUT2D eigenvalue weighted by Gasteiger charge is 2.25. The predicted octanol–water partition coefficient (Wildman–Crippen LogP) is 0.843. The Balaban J connectivity index is 1.45. The summed E-state index contributed by atoms with van der Waals surface area (Å²) in [5, 5.41) is 2.85. The number of esters is 1. The van der Waals surface area contributed by atoms with Gasteiger partial charge in [-0.1, -0.05) is 18.2 Å². The highest BCUT2D eigenvalue weighted by atomic mass is 16.5. The maximum Gasteiger partial charge on any atom is 0.338 e. The van der Waals surface area contributed by atoms with Gasteiger partial charge in [0.05, 0.1) is 38.3 Å². The zero-order chi connectivity index (χ0) is 20.6. The van der Waals surface area contributed by atoms with Gasteiger partial charge in [0.25, 0.3) is 11.8 Å². The van der Waals surface area contributed by atoms with Crippen LogP contribution in [0.1, 0.15) is 27.6 Å². The van der Waals surface area contributed by atoms with E-state index in [0.29, 0.717) is 43.1 Å². The molecule has 0 radical (unpaired) electrons. The number of piperazine rings is 1. The molecule has 2 aromatic rings. The number of quaternary nitrogens is 1. The minimum atomic E-state index is -0.377. The lowest BCUT2D eigenvalue weighted by Gasteiger charge is -2.32. The molecule has 2 aromatic carbocycles. The highest BCUT2D eigenvalue weighted by Crippen LogP contribution is 2.10. The molecule has 0 saturated carbocycles. The lowest BCUT2D eigenvalue weighted by molar-refractivity contribution is -0.895. The summed E-state index contributed by atoms with van der Waals surface area (Å²) in [6, 6.07) is 15.9. The van der Waals surface area contributed by atoms with Gasteiger partial charge in [0.15, 0.2) is 6.54 Å². The van der Waals surface area contributed by atoms with Gasteiger partial charge in [0.1, 0.15) is 0 Å². The average molecular weight is 396 g/mol. The van der Waals surface area contributed by atoms with Crippen molar-refractivity contribution in [3.8, 4) is 0 Å². The molecule has 7 heteroatoms. The molecule has 1 fully saturated rings. The molecule has 1 saturated heterocycles. The highest BCUT2D eigenvalue weighted by molar-refractivity contribution is 5.94. The molecule has 0 aromatic heterocycles. The van der Waals surface area contributed by atoms with E-state index in [4.69, 9.17) is 4.74 Å². The number of carbonyl (C=O) groups is 3. The van der Waals surface area contributed by atoms with Crippen LogP contribution in [0.5, 0.6) is 0 Å². The van der Waals surface area contributed by atoms with Crippen molar-refractivity contribution >= 4 is 23.5 Å². The number of hydrogen-bond acceptors (Lipinski definition) is 4. The molecule has 1 aliphatic heterocycles. The van der Waals surface area contributed by atoms with E-state index in [1.165, 1.54) is 0 Å². The fourth-order valence-electron chi connectivity index (χ4n) is 3.30. The van der Waals surface area contributed by atoms with Crippen LogP contribution >= 0.6 is 0 Å². The van der Waals surface area contributed by atoms with Crippen LogP contribution in [-0.2, 0) is 9.53 Å². The minimum absolute atomic E-state index is 0.0378. The normalized spacial score (nSPS) is 14.3. The van der Waals surface area contributed by atoms with Crippen LogP contribution in [0.25, 0.3) is 0 Å². The first-order chi connectivity index (χ1) is 14.1. The van der Waals surface area contributed by atoms with Crippen molar-refractivity contribution < 1.29 is 24.0 Å². The van der Waals surface area contributed by atoms with Crippen LogP contribution in [0, 0.1) is 0 Å². The first-order valence-electron chi connectivity index (χ1n) is 9.81. The Morgan fingerprint density at radius 2 is 1.62 bits per heavy atom. The monoisotopic (exact) mass is 396 g/mol. The lowest BCUT2D eigenvalue weighted by Crippen LogP contribution is -3.15. The predicted molar refractivity (Wildman–Crippen MR) is 109 cm³/mol. The molecule has 0 bridgehead atoms. The zero-order valence-electron chi connectivity index (χ0n) is 16.5. The van der Waals surface area contributed by atoms with Crippen molar-refractivity contribution in [2.24, 2.45) is 0 Å². The number of ether oxygens (including phenoxy) is 1. The molecule has 0 aliphatic carbocycles. The minimum Gasteiger partial charge on any atom is -0.462 e. The van der Waals surface area contributed by atoms with E-state index in [-0.39, 0.29) is 17.8 Å². The molecule has 0 atom stereocenters. The van der Waals surface area contributed by atoms with Crippen molar-refractivity contribution in [2.45, 2.75) is 6.92 Å². The summed E-state index contributed by atoms with van der Waals surface area (Å²) in [4.78, 5) is 39.5. The Morgan fingerprint density at radius 3 is 2.24 bits per heavy atom. The first-order valence-corrected chi connectivity index (χ1v) is 9.81. The number of nitrogens with zero attached hydrogens (tertiary/aromatic N) is 1. The number of carbonyl (C=O) groups excluding carboxylic acids is 3. The SMILES string of the molecule is CCOC(=O)c1ccc(NC(=O)C[NH+]2CCN(C(=O)c3ccccc3)CC2)cc1. The zero-order valence-corrected chi connectivity index (χ0v) is 16.5. The van der Waals surface area contributed by atoms with Crippen molar-refractivity contribution in [3.05, 3.63) is 65.7 Å². The Bertz CT molecular complexity index is 844. The summed E-state index contributed by atoms with van der Waals surface area (Å²) in [5.41, 5.74) is 1.79. The molecule has 0 unspecified atom stereocenters. The van der Waals surface area contributed by atoms with E-state index in [0.717, 1.165) is 18.0 Å². The van der Waals surface area contributed by atoms with Gasteiger partial charge in [0.2, 0.25) is 0 Å². The molecule has 2 amide bonds. The maximum atomic E-state index is 12.5. The van der Waals surface area contributed by atoms with Gasteiger partial charge in [-0.15, -0.1) is 0 Å². The summed E-state index contributed by atoms with van der Waals surface area (Å²) in [7, 11) is 0. The van der Waals surface area contributed by atoms with Crippen LogP contribution in [0.2, 0.25) is 0 Å². The van der Waals surface area contributed by atoms with Gasteiger partial charge < -0.3 is 19.9 Å². The van der Waals surface area contributed by atoms with Gasteiger partial charge in [-0.25, -0.2) is 4.79 Å². The number of anilines is 1. The van der Waals surface area contributed by atoms with E-state index in [1.807, 2.05) is 35.2 Å². The molecule has 29 heavy (non-hydrogen) atoms. The summed E-state index contributed by atoms with van der Waals surface area (Å²) >= 11 is 0. The van der Waals surface area contributed by atoms with Crippen molar-refractivity contribution in [1.29, 1.82) is 0 Å². The largest absolute Gasteiger partial charge is 0.462 e. The van der Waals surface area contributed by atoms with Gasteiger partial charge in [0, 0.05) is 11.3 Å². The number of hydrogen-bond donors (Lipinski definition) is 2. The van der Waals surface area contributed by atoms with E-state index in [2.05, 4.69) is 5.32 Å². The molecular weight excluding hydrogens is 370 g/mol. The van der Waals surface area contributed by atoms with Crippen molar-refractivity contribution in [3.63, 3.8) is 0 Å². The summed E-state index contributed by atoms with van der Waals surface area (Å²) in [6.45, 7) is 5.14. The Hall–Kier alpha value is -3.19. The molecular formula is C22H26N3O4+. The van der Waals surface area contributed by atoms with Gasteiger partial charge in [-0.3, -0.25) is 9.59 Å². The van der Waals surface area contributed by atoms with E-state index >= 15 is 0 Å². The second kappa shape index (κ2) is 9.84. The number of benzene rings is 2. The van der Waals surface area contributed by atoms with Gasteiger partial charge in [-0.05, 0) is 43.3 Å². The van der Waals surface area contributed by atoms with E-state index < -0.39 is 0 Å². The molecule has 0 spiro atoms. The molecule has 152 valence electrons. The second-order valence-corrected chi connectivity index (χ2v) is 6.93. The fraction of sp³-hybridized carbons (Fsp3) is 0.318. The smallest absolute Gasteiger partial charge is 0.338 e. The summed E-state index contributed by atoms with van der Waals surface area (Å²) in [5.74, 6) is -0.430. The van der Waals surface area contributed by atoms with Crippen molar-refractivity contribution in [2.75, 3.05) is 44.6 Å². The summed E-state index contributed by atoms with van der Waals surface area (Å²) in [6.07, 6.45) is 0.